The number of aromatic nitrogens is 1. The maximum atomic E-state index is 5.84. The number of hydrogen-bond acceptors (Lipinski definition) is 2. The molecule has 0 amide bonds. The van der Waals surface area contributed by atoms with Gasteiger partial charge in [0, 0.05) is 10.4 Å². The van der Waals surface area contributed by atoms with Gasteiger partial charge in [-0.1, -0.05) is 23.2 Å². The molecular weight excluding hydrogens is 201 g/mol. The molecule has 4 heteroatoms. The Hall–Kier alpha value is -0.310. The first-order valence-electron chi connectivity index (χ1n) is 2.98. The molecule has 11 heavy (non-hydrogen) atoms. The molecule has 1 aromatic carbocycles. The summed E-state index contributed by atoms with van der Waals surface area (Å²) < 4.78 is 4.82. The van der Waals surface area contributed by atoms with Crippen LogP contribution in [0.2, 0.25) is 9.36 Å². The van der Waals surface area contributed by atoms with Gasteiger partial charge in [0.05, 0.1) is 5.52 Å². The highest BCUT2D eigenvalue weighted by Crippen LogP contribution is 2.28. The Kier molecular flexibility index (Phi) is 1.75. The van der Waals surface area contributed by atoms with Crippen molar-refractivity contribution in [1.82, 2.24) is 4.37 Å². The van der Waals surface area contributed by atoms with E-state index in [0.29, 0.717) is 5.02 Å². The van der Waals surface area contributed by atoms with E-state index in [1.807, 2.05) is 12.1 Å². The Bertz CT molecular complexity index is 396. The van der Waals surface area contributed by atoms with E-state index in [4.69, 9.17) is 23.2 Å². The summed E-state index contributed by atoms with van der Waals surface area (Å²) in [5, 5.41) is 1.67. The van der Waals surface area contributed by atoms with Gasteiger partial charge < -0.3 is 0 Å². The number of fused-ring (bicyclic) bond motifs is 1. The molecule has 0 N–H and O–H groups in total. The summed E-state index contributed by atoms with van der Waals surface area (Å²) in [6.07, 6.45) is 0. The molecule has 0 aliphatic rings. The fraction of sp³-hybridized carbons (Fsp3) is 0. The first-order valence-corrected chi connectivity index (χ1v) is 4.51. The maximum absolute atomic E-state index is 5.84. The monoisotopic (exact) mass is 203 g/mol. The highest BCUT2D eigenvalue weighted by atomic mass is 35.5. The minimum Gasteiger partial charge on any atom is -0.191 e. The van der Waals surface area contributed by atoms with Gasteiger partial charge in [0.15, 0.2) is 0 Å². The molecule has 2 rings (SSSR count). The minimum absolute atomic E-state index is 0.694. The van der Waals surface area contributed by atoms with E-state index in [9.17, 15) is 0 Å². The van der Waals surface area contributed by atoms with E-state index in [1.54, 1.807) is 6.07 Å². The van der Waals surface area contributed by atoms with Gasteiger partial charge in [-0.25, -0.2) is 0 Å². The van der Waals surface area contributed by atoms with Crippen LogP contribution < -0.4 is 0 Å². The molecule has 0 radical (unpaired) electrons. The van der Waals surface area contributed by atoms with Crippen LogP contribution in [0.5, 0.6) is 0 Å². The van der Waals surface area contributed by atoms with Crippen LogP contribution in [0.1, 0.15) is 0 Å². The molecule has 0 atom stereocenters. The smallest absolute Gasteiger partial charge is 0.121 e. The van der Waals surface area contributed by atoms with Crippen molar-refractivity contribution in [3.63, 3.8) is 0 Å². The van der Waals surface area contributed by atoms with Crippen LogP contribution in [0, 0.1) is 0 Å². The second-order valence-corrected chi connectivity index (χ2v) is 3.93. The molecule has 0 saturated carbocycles. The molecular formula is C7H3Cl2NS. The molecule has 0 fully saturated rings. The molecule has 1 nitrogen and oxygen atoms in total. The van der Waals surface area contributed by atoms with Crippen molar-refractivity contribution < 1.29 is 0 Å². The number of benzene rings is 1. The van der Waals surface area contributed by atoms with Gasteiger partial charge in [-0.3, -0.25) is 0 Å². The van der Waals surface area contributed by atoms with Crippen molar-refractivity contribution in [3.8, 4) is 0 Å². The first kappa shape index (κ1) is 7.35. The summed E-state index contributed by atoms with van der Waals surface area (Å²) in [6, 6.07) is 5.49. The average Bonchev–Trinajstić information content (AvgIpc) is 2.32. The van der Waals surface area contributed by atoms with Crippen LogP contribution in [-0.4, -0.2) is 4.37 Å². The molecule has 0 aliphatic carbocycles. The summed E-state index contributed by atoms with van der Waals surface area (Å²) in [5.41, 5.74) is 0.868. The van der Waals surface area contributed by atoms with E-state index >= 15 is 0 Å². The van der Waals surface area contributed by atoms with Crippen LogP contribution in [0.4, 0.5) is 0 Å². The van der Waals surface area contributed by atoms with Crippen molar-refractivity contribution in [2.24, 2.45) is 0 Å². The fourth-order valence-corrected chi connectivity index (χ4v) is 1.92. The number of nitrogens with zero attached hydrogens (tertiary/aromatic N) is 1. The normalized spacial score (nSPS) is 10.7. The summed E-state index contributed by atoms with van der Waals surface area (Å²) in [7, 11) is 0. The van der Waals surface area contributed by atoms with Gasteiger partial charge >= 0.3 is 0 Å². The van der Waals surface area contributed by atoms with Gasteiger partial charge in [0.25, 0.3) is 0 Å². The fourth-order valence-electron chi connectivity index (χ4n) is 0.885. The Morgan fingerprint density at radius 3 is 2.91 bits per heavy atom. The third kappa shape index (κ3) is 1.22. The molecule has 0 unspecified atom stereocenters. The van der Waals surface area contributed by atoms with Crippen LogP contribution in [0.3, 0.4) is 0 Å². The maximum Gasteiger partial charge on any atom is 0.121 e. The van der Waals surface area contributed by atoms with E-state index in [-0.39, 0.29) is 0 Å². The molecule has 0 aliphatic heterocycles. The lowest BCUT2D eigenvalue weighted by Crippen LogP contribution is -1.66. The molecule has 1 aromatic heterocycles. The summed E-state index contributed by atoms with van der Waals surface area (Å²) >= 11 is 12.9. The van der Waals surface area contributed by atoms with Crippen molar-refractivity contribution in [2.45, 2.75) is 0 Å². The number of hydrogen-bond donors (Lipinski definition) is 0. The predicted octanol–water partition coefficient (Wildman–Crippen LogP) is 3.60. The SMILES string of the molecule is Clc1ccc2c(Cl)snc2c1. The third-order valence-corrected chi connectivity index (χ3v) is 2.71. The van der Waals surface area contributed by atoms with Crippen molar-refractivity contribution in [1.29, 1.82) is 0 Å². The van der Waals surface area contributed by atoms with Crippen LogP contribution in [-0.2, 0) is 0 Å². The molecule has 56 valence electrons. The standard InChI is InChI=1S/C7H3Cl2NS/c8-4-1-2-5-6(3-4)10-11-7(5)9/h1-3H. The van der Waals surface area contributed by atoms with E-state index < -0.39 is 0 Å². The lowest BCUT2D eigenvalue weighted by atomic mass is 10.3. The van der Waals surface area contributed by atoms with E-state index in [0.717, 1.165) is 15.2 Å². The van der Waals surface area contributed by atoms with Crippen LogP contribution in [0.15, 0.2) is 18.2 Å². The lowest BCUT2D eigenvalue weighted by molar-refractivity contribution is 1.66. The van der Waals surface area contributed by atoms with Crippen LogP contribution >= 0.6 is 34.7 Å². The van der Waals surface area contributed by atoms with Gasteiger partial charge in [0.1, 0.15) is 4.34 Å². The van der Waals surface area contributed by atoms with Gasteiger partial charge in [-0.2, -0.15) is 4.37 Å². The van der Waals surface area contributed by atoms with Gasteiger partial charge in [-0.05, 0) is 29.7 Å². The summed E-state index contributed by atoms with van der Waals surface area (Å²) in [5.74, 6) is 0. The largest absolute Gasteiger partial charge is 0.191 e. The van der Waals surface area contributed by atoms with Crippen molar-refractivity contribution in [2.75, 3.05) is 0 Å². The number of rotatable bonds is 0. The van der Waals surface area contributed by atoms with Gasteiger partial charge in [0.2, 0.25) is 0 Å². The first-order chi connectivity index (χ1) is 5.27. The summed E-state index contributed by atoms with van der Waals surface area (Å²) in [4.78, 5) is 0. The van der Waals surface area contributed by atoms with Crippen LogP contribution in [0.25, 0.3) is 10.9 Å². The average molecular weight is 204 g/mol. The zero-order chi connectivity index (χ0) is 7.84. The molecule has 0 spiro atoms. The predicted molar refractivity (Wildman–Crippen MR) is 49.6 cm³/mol. The summed E-state index contributed by atoms with van der Waals surface area (Å²) in [6.45, 7) is 0. The van der Waals surface area contributed by atoms with Crippen molar-refractivity contribution in [3.05, 3.63) is 27.6 Å². The van der Waals surface area contributed by atoms with Gasteiger partial charge in [-0.15, -0.1) is 0 Å². The molecule has 0 bridgehead atoms. The highest BCUT2D eigenvalue weighted by Gasteiger charge is 2.02. The van der Waals surface area contributed by atoms with Crippen molar-refractivity contribution >= 4 is 45.6 Å². The third-order valence-electron chi connectivity index (χ3n) is 1.40. The minimum atomic E-state index is 0.694. The Morgan fingerprint density at radius 2 is 2.09 bits per heavy atom. The second-order valence-electron chi connectivity index (χ2n) is 2.12. The molecule has 2 aromatic rings. The topological polar surface area (TPSA) is 12.9 Å². The Balaban J connectivity index is 2.86. The van der Waals surface area contributed by atoms with E-state index in [1.165, 1.54) is 11.5 Å². The zero-order valence-corrected chi connectivity index (χ0v) is 7.67. The number of halogens is 2. The lowest BCUT2D eigenvalue weighted by Gasteiger charge is -1.88. The zero-order valence-electron chi connectivity index (χ0n) is 5.34. The molecule has 1 heterocycles. The quantitative estimate of drug-likeness (QED) is 0.638. The molecule has 0 saturated heterocycles. The highest BCUT2D eigenvalue weighted by molar-refractivity contribution is 7.12. The second kappa shape index (κ2) is 2.63. The Morgan fingerprint density at radius 1 is 1.27 bits per heavy atom. The Labute approximate surface area is 77.7 Å². The van der Waals surface area contributed by atoms with E-state index in [2.05, 4.69) is 4.37 Å².